The van der Waals surface area contributed by atoms with Gasteiger partial charge < -0.3 is 21.1 Å². The van der Waals surface area contributed by atoms with E-state index in [-0.39, 0.29) is 6.42 Å². The lowest BCUT2D eigenvalue weighted by Gasteiger charge is -2.34. The van der Waals surface area contributed by atoms with E-state index >= 15 is 0 Å². The van der Waals surface area contributed by atoms with Crippen LogP contribution in [0.3, 0.4) is 0 Å². The van der Waals surface area contributed by atoms with E-state index in [2.05, 4.69) is 11.9 Å². The lowest BCUT2D eigenvalue weighted by molar-refractivity contribution is -0.139. The fraction of sp³-hybridized carbons (Fsp3) is 0.583. The van der Waals surface area contributed by atoms with E-state index in [1.54, 1.807) is 0 Å². The van der Waals surface area contributed by atoms with Gasteiger partial charge in [-0.15, -0.1) is 6.58 Å². The number of hydrogen-bond donors (Lipinski definition) is 3. The Bertz CT molecular complexity index is 383. The van der Waals surface area contributed by atoms with Crippen LogP contribution in [0, 0.1) is 0 Å². The molecule has 7 nitrogen and oxygen atoms in total. The molecule has 2 atom stereocenters. The van der Waals surface area contributed by atoms with Crippen molar-refractivity contribution in [2.75, 3.05) is 6.54 Å². The SMILES string of the molecule is C=CCC(NC(=O)N1CCCCC1C(N)=O)C(=O)O. The van der Waals surface area contributed by atoms with Crippen LogP contribution in [-0.2, 0) is 9.59 Å². The third kappa shape index (κ3) is 3.97. The van der Waals surface area contributed by atoms with Gasteiger partial charge in [0.05, 0.1) is 0 Å². The van der Waals surface area contributed by atoms with E-state index in [4.69, 9.17) is 10.8 Å². The van der Waals surface area contributed by atoms with Gasteiger partial charge in [0.25, 0.3) is 0 Å². The summed E-state index contributed by atoms with van der Waals surface area (Å²) in [6.07, 6.45) is 3.65. The first-order valence-corrected chi connectivity index (χ1v) is 6.17. The highest BCUT2D eigenvalue weighted by Crippen LogP contribution is 2.17. The van der Waals surface area contributed by atoms with Crippen LogP contribution in [0.4, 0.5) is 4.79 Å². The van der Waals surface area contributed by atoms with Gasteiger partial charge in [-0.25, -0.2) is 9.59 Å². The topological polar surface area (TPSA) is 113 Å². The molecule has 0 aromatic carbocycles. The summed E-state index contributed by atoms with van der Waals surface area (Å²) in [6, 6.07) is -2.27. The van der Waals surface area contributed by atoms with Crippen LogP contribution < -0.4 is 11.1 Å². The predicted molar refractivity (Wildman–Crippen MR) is 68.3 cm³/mol. The van der Waals surface area contributed by atoms with Gasteiger partial charge in [0.2, 0.25) is 5.91 Å². The fourth-order valence-corrected chi connectivity index (χ4v) is 2.09. The second-order valence-corrected chi connectivity index (χ2v) is 4.47. The molecule has 0 aromatic heterocycles. The first-order valence-electron chi connectivity index (χ1n) is 6.17. The number of carbonyl (C=O) groups is 3. The molecular formula is C12H19N3O4. The Kier molecular flexibility index (Phi) is 5.35. The number of hydrogen-bond acceptors (Lipinski definition) is 3. The monoisotopic (exact) mass is 269 g/mol. The lowest BCUT2D eigenvalue weighted by Crippen LogP contribution is -2.56. The molecule has 7 heteroatoms. The van der Waals surface area contributed by atoms with Gasteiger partial charge in [0.15, 0.2) is 0 Å². The Labute approximate surface area is 111 Å². The molecule has 1 heterocycles. The molecule has 0 aliphatic carbocycles. The molecule has 1 saturated heterocycles. The predicted octanol–water partition coefficient (Wildman–Crippen LogP) is 0.0651. The third-order valence-corrected chi connectivity index (χ3v) is 3.09. The molecule has 2 unspecified atom stereocenters. The number of primary amides is 1. The van der Waals surface area contributed by atoms with E-state index in [1.807, 2.05) is 0 Å². The zero-order valence-electron chi connectivity index (χ0n) is 10.7. The molecule has 1 aliphatic rings. The zero-order chi connectivity index (χ0) is 14.4. The van der Waals surface area contributed by atoms with Gasteiger partial charge >= 0.3 is 12.0 Å². The number of aliphatic carboxylic acids is 1. The number of nitrogens with zero attached hydrogens (tertiary/aromatic N) is 1. The molecule has 0 radical (unpaired) electrons. The molecule has 1 rings (SSSR count). The summed E-state index contributed by atoms with van der Waals surface area (Å²) in [5, 5.41) is 11.3. The highest BCUT2D eigenvalue weighted by Gasteiger charge is 2.32. The van der Waals surface area contributed by atoms with Crippen molar-refractivity contribution in [3.8, 4) is 0 Å². The Balaban J connectivity index is 2.71. The van der Waals surface area contributed by atoms with Crippen LogP contribution in [-0.4, -0.2) is 46.5 Å². The first kappa shape index (κ1) is 15.0. The van der Waals surface area contributed by atoms with Crippen LogP contribution in [0.2, 0.25) is 0 Å². The first-order chi connectivity index (χ1) is 8.97. The third-order valence-electron chi connectivity index (χ3n) is 3.09. The maximum Gasteiger partial charge on any atom is 0.326 e. The van der Waals surface area contributed by atoms with Crippen molar-refractivity contribution in [2.24, 2.45) is 5.73 Å². The summed E-state index contributed by atoms with van der Waals surface area (Å²) in [5.74, 6) is -1.70. The average molecular weight is 269 g/mol. The maximum atomic E-state index is 12.0. The molecular weight excluding hydrogens is 250 g/mol. The van der Waals surface area contributed by atoms with Gasteiger partial charge in [-0.1, -0.05) is 6.08 Å². The van der Waals surface area contributed by atoms with Crippen molar-refractivity contribution in [1.82, 2.24) is 10.2 Å². The van der Waals surface area contributed by atoms with Crippen molar-refractivity contribution in [2.45, 2.75) is 37.8 Å². The zero-order valence-corrected chi connectivity index (χ0v) is 10.7. The second-order valence-electron chi connectivity index (χ2n) is 4.47. The number of urea groups is 1. The number of carboxylic acids is 1. The lowest BCUT2D eigenvalue weighted by atomic mass is 10.0. The van der Waals surface area contributed by atoms with E-state index in [9.17, 15) is 14.4 Å². The normalized spacial score (nSPS) is 20.4. The molecule has 0 saturated carbocycles. The van der Waals surface area contributed by atoms with Crippen LogP contribution in [0.25, 0.3) is 0 Å². The number of nitrogens with one attached hydrogen (secondary N) is 1. The minimum Gasteiger partial charge on any atom is -0.480 e. The number of likely N-dealkylation sites (tertiary alicyclic amines) is 1. The summed E-state index contributed by atoms with van der Waals surface area (Å²) < 4.78 is 0. The van der Waals surface area contributed by atoms with Gasteiger partial charge in [0, 0.05) is 6.54 Å². The van der Waals surface area contributed by atoms with Crippen LogP contribution in [0.15, 0.2) is 12.7 Å². The minimum atomic E-state index is -1.14. The smallest absolute Gasteiger partial charge is 0.326 e. The summed E-state index contributed by atoms with van der Waals surface area (Å²) >= 11 is 0. The van der Waals surface area contributed by atoms with Gasteiger partial charge in [0.1, 0.15) is 12.1 Å². The molecule has 0 spiro atoms. The van der Waals surface area contributed by atoms with Crippen molar-refractivity contribution in [1.29, 1.82) is 0 Å². The fourth-order valence-electron chi connectivity index (χ4n) is 2.09. The van der Waals surface area contributed by atoms with Crippen LogP contribution in [0.1, 0.15) is 25.7 Å². The summed E-state index contributed by atoms with van der Waals surface area (Å²) in [6.45, 7) is 3.85. The number of nitrogens with two attached hydrogens (primary N) is 1. The molecule has 0 bridgehead atoms. The Morgan fingerprint density at radius 3 is 2.68 bits per heavy atom. The highest BCUT2D eigenvalue weighted by atomic mass is 16.4. The van der Waals surface area contributed by atoms with E-state index in [1.165, 1.54) is 11.0 Å². The van der Waals surface area contributed by atoms with E-state index in [0.29, 0.717) is 13.0 Å². The molecule has 4 N–H and O–H groups in total. The van der Waals surface area contributed by atoms with Crippen molar-refractivity contribution < 1.29 is 19.5 Å². The van der Waals surface area contributed by atoms with Crippen molar-refractivity contribution >= 4 is 17.9 Å². The van der Waals surface area contributed by atoms with Gasteiger partial charge in [-0.3, -0.25) is 4.79 Å². The number of carboxylic acid groups (broad SMARTS) is 1. The highest BCUT2D eigenvalue weighted by molar-refractivity contribution is 5.88. The summed E-state index contributed by atoms with van der Waals surface area (Å²) in [7, 11) is 0. The minimum absolute atomic E-state index is 0.121. The quantitative estimate of drug-likeness (QED) is 0.613. The number of carbonyl (C=O) groups excluding carboxylic acids is 2. The standard InChI is InChI=1S/C12H19N3O4/c1-2-5-8(11(17)18)14-12(19)15-7-4-3-6-9(15)10(13)16/h2,8-9H,1,3-7H2,(H2,13,16)(H,14,19)(H,17,18). The maximum absolute atomic E-state index is 12.0. The molecule has 1 aliphatic heterocycles. The number of amides is 3. The largest absolute Gasteiger partial charge is 0.480 e. The summed E-state index contributed by atoms with van der Waals surface area (Å²) in [4.78, 5) is 35.6. The van der Waals surface area contributed by atoms with Crippen LogP contribution in [0.5, 0.6) is 0 Å². The number of piperidine rings is 1. The van der Waals surface area contributed by atoms with Gasteiger partial charge in [-0.05, 0) is 25.7 Å². The summed E-state index contributed by atoms with van der Waals surface area (Å²) in [5.41, 5.74) is 5.25. The Morgan fingerprint density at radius 1 is 1.47 bits per heavy atom. The molecule has 0 aromatic rings. The number of rotatable bonds is 5. The van der Waals surface area contributed by atoms with Gasteiger partial charge in [-0.2, -0.15) is 0 Å². The Morgan fingerprint density at radius 2 is 2.16 bits per heavy atom. The average Bonchev–Trinajstić information content (AvgIpc) is 2.37. The van der Waals surface area contributed by atoms with E-state index in [0.717, 1.165) is 12.8 Å². The van der Waals surface area contributed by atoms with E-state index < -0.39 is 30.0 Å². The van der Waals surface area contributed by atoms with Crippen LogP contribution >= 0.6 is 0 Å². The molecule has 1 fully saturated rings. The Hall–Kier alpha value is -2.05. The molecule has 19 heavy (non-hydrogen) atoms. The van der Waals surface area contributed by atoms with Crippen molar-refractivity contribution in [3.05, 3.63) is 12.7 Å². The van der Waals surface area contributed by atoms with Crippen molar-refractivity contribution in [3.63, 3.8) is 0 Å². The molecule has 3 amide bonds. The molecule has 106 valence electrons. The second kappa shape index (κ2) is 6.77.